The zero-order valence-electron chi connectivity index (χ0n) is 11.1. The molecule has 0 aliphatic heterocycles. The van der Waals surface area contributed by atoms with Gasteiger partial charge in [0.2, 0.25) is 0 Å². The smallest absolute Gasteiger partial charge is 0.0388 e. The molecule has 0 aromatic carbocycles. The highest BCUT2D eigenvalue weighted by atomic mass is 32.1. The summed E-state index contributed by atoms with van der Waals surface area (Å²) in [6.07, 6.45) is 7.62. The first-order valence-corrected chi connectivity index (χ1v) is 8.47. The Hall–Kier alpha value is -0.340. The second-order valence-electron chi connectivity index (χ2n) is 6.86. The highest BCUT2D eigenvalue weighted by Gasteiger charge is 2.48. The van der Waals surface area contributed by atoms with Crippen molar-refractivity contribution in [2.75, 3.05) is 0 Å². The van der Waals surface area contributed by atoms with Gasteiger partial charge in [-0.05, 0) is 74.1 Å². The van der Waals surface area contributed by atoms with Crippen molar-refractivity contribution >= 4 is 11.3 Å². The van der Waals surface area contributed by atoms with Crippen molar-refractivity contribution in [3.05, 3.63) is 22.4 Å². The fourth-order valence-electron chi connectivity index (χ4n) is 5.11. The van der Waals surface area contributed by atoms with Gasteiger partial charge in [-0.3, -0.25) is 0 Å². The Morgan fingerprint density at radius 1 is 1.11 bits per heavy atom. The van der Waals surface area contributed by atoms with Crippen LogP contribution in [0.4, 0.5) is 0 Å². The third-order valence-corrected chi connectivity index (χ3v) is 6.69. The molecular weight excluding hydrogens is 238 g/mol. The first-order chi connectivity index (χ1) is 8.79. The molecule has 0 amide bonds. The number of nitrogens with one attached hydrogen (secondary N) is 1. The van der Waals surface area contributed by atoms with E-state index in [4.69, 9.17) is 0 Å². The molecule has 0 saturated heterocycles. The molecular formula is C16H23NS. The summed E-state index contributed by atoms with van der Waals surface area (Å²) in [4.78, 5) is 1.50. The van der Waals surface area contributed by atoms with Crippen LogP contribution in [0.25, 0.3) is 0 Å². The Morgan fingerprint density at radius 2 is 1.78 bits per heavy atom. The maximum Gasteiger partial charge on any atom is 0.0388 e. The molecule has 1 nitrogen and oxygen atoms in total. The van der Waals surface area contributed by atoms with Crippen LogP contribution in [0.2, 0.25) is 0 Å². The van der Waals surface area contributed by atoms with Gasteiger partial charge in [-0.25, -0.2) is 0 Å². The molecule has 0 spiro atoms. The van der Waals surface area contributed by atoms with Crippen molar-refractivity contribution in [1.82, 2.24) is 5.32 Å². The molecule has 18 heavy (non-hydrogen) atoms. The maximum atomic E-state index is 3.97. The molecule has 4 aliphatic carbocycles. The van der Waals surface area contributed by atoms with Gasteiger partial charge < -0.3 is 5.32 Å². The lowest BCUT2D eigenvalue weighted by molar-refractivity contribution is -0.0169. The lowest BCUT2D eigenvalue weighted by Gasteiger charge is -2.55. The van der Waals surface area contributed by atoms with E-state index in [1.54, 1.807) is 6.42 Å². The summed E-state index contributed by atoms with van der Waals surface area (Å²) in [6.45, 7) is 2.34. The molecule has 4 aliphatic rings. The van der Waals surface area contributed by atoms with Gasteiger partial charge in [-0.15, -0.1) is 11.3 Å². The number of hydrogen-bond acceptors (Lipinski definition) is 2. The predicted octanol–water partition coefficient (Wildman–Crippen LogP) is 4.22. The summed E-state index contributed by atoms with van der Waals surface area (Å²) in [5.41, 5.74) is 0. The third-order valence-electron chi connectivity index (χ3n) is 5.64. The molecule has 1 aromatic heterocycles. The minimum atomic E-state index is 0.549. The summed E-state index contributed by atoms with van der Waals surface area (Å²) in [5.74, 6) is 4.15. The second kappa shape index (κ2) is 4.35. The van der Waals surface area contributed by atoms with Crippen molar-refractivity contribution in [3.63, 3.8) is 0 Å². The van der Waals surface area contributed by atoms with Crippen LogP contribution in [-0.4, -0.2) is 6.04 Å². The zero-order valence-corrected chi connectivity index (χ0v) is 12.0. The number of hydrogen-bond donors (Lipinski definition) is 1. The van der Waals surface area contributed by atoms with Crippen molar-refractivity contribution in [2.45, 2.75) is 51.1 Å². The van der Waals surface area contributed by atoms with Crippen LogP contribution in [0.3, 0.4) is 0 Å². The lowest BCUT2D eigenvalue weighted by atomic mass is 9.54. The average Bonchev–Trinajstić information content (AvgIpc) is 2.86. The van der Waals surface area contributed by atoms with E-state index in [1.165, 1.54) is 30.6 Å². The monoisotopic (exact) mass is 261 g/mol. The Kier molecular flexibility index (Phi) is 2.77. The number of rotatable bonds is 3. The molecule has 98 valence electrons. The second-order valence-corrected chi connectivity index (χ2v) is 7.84. The average molecular weight is 261 g/mol. The Labute approximate surface area is 114 Å². The minimum absolute atomic E-state index is 0.549. The van der Waals surface area contributed by atoms with Gasteiger partial charge in [0, 0.05) is 17.0 Å². The first kappa shape index (κ1) is 11.5. The summed E-state index contributed by atoms with van der Waals surface area (Å²) in [6, 6.07) is 5.82. The van der Waals surface area contributed by atoms with Crippen LogP contribution in [-0.2, 0) is 0 Å². The minimum Gasteiger partial charge on any atom is -0.306 e. The predicted molar refractivity (Wildman–Crippen MR) is 76.7 cm³/mol. The van der Waals surface area contributed by atoms with E-state index in [0.29, 0.717) is 6.04 Å². The molecule has 1 heterocycles. The molecule has 1 aromatic rings. The van der Waals surface area contributed by atoms with Gasteiger partial charge in [-0.1, -0.05) is 6.07 Å². The highest BCUT2D eigenvalue weighted by molar-refractivity contribution is 7.10. The quantitative estimate of drug-likeness (QED) is 0.859. The van der Waals surface area contributed by atoms with Crippen LogP contribution < -0.4 is 5.32 Å². The van der Waals surface area contributed by atoms with Crippen LogP contribution in [0.5, 0.6) is 0 Å². The molecule has 1 atom stereocenters. The molecule has 0 unspecified atom stereocenters. The number of thiophene rings is 1. The van der Waals surface area contributed by atoms with E-state index in [9.17, 15) is 0 Å². The van der Waals surface area contributed by atoms with Crippen LogP contribution in [0.1, 0.15) is 49.9 Å². The first-order valence-electron chi connectivity index (χ1n) is 7.59. The fraction of sp³-hybridized carbons (Fsp3) is 0.750. The van der Waals surface area contributed by atoms with Gasteiger partial charge in [0.1, 0.15) is 0 Å². The molecule has 5 rings (SSSR count). The van der Waals surface area contributed by atoms with Crippen LogP contribution >= 0.6 is 11.3 Å². The van der Waals surface area contributed by atoms with E-state index in [0.717, 1.165) is 29.7 Å². The van der Waals surface area contributed by atoms with Crippen LogP contribution in [0.15, 0.2) is 17.5 Å². The molecule has 1 N–H and O–H groups in total. The van der Waals surface area contributed by atoms with Crippen LogP contribution in [0, 0.1) is 23.7 Å². The molecule has 4 fully saturated rings. The van der Waals surface area contributed by atoms with E-state index in [1.807, 2.05) is 11.3 Å². The summed E-state index contributed by atoms with van der Waals surface area (Å²) in [5, 5.41) is 6.17. The SMILES string of the molecule is C[C@H](NC1C2CC3CC(C2)CC1C3)c1cccs1. The molecule has 4 saturated carbocycles. The van der Waals surface area contributed by atoms with Crippen molar-refractivity contribution in [3.8, 4) is 0 Å². The normalized spacial score (nSPS) is 43.3. The van der Waals surface area contributed by atoms with Crippen molar-refractivity contribution in [1.29, 1.82) is 0 Å². The molecule has 4 bridgehead atoms. The molecule has 0 radical (unpaired) electrons. The topological polar surface area (TPSA) is 12.0 Å². The van der Waals surface area contributed by atoms with Crippen molar-refractivity contribution < 1.29 is 0 Å². The van der Waals surface area contributed by atoms with Gasteiger partial charge in [0.15, 0.2) is 0 Å². The standard InChI is InChI=1S/C16H23NS/c1-10(15-3-2-4-18-15)17-16-13-6-11-5-12(8-13)9-14(16)7-11/h2-4,10-14,16-17H,5-9H2,1H3/t10-,11?,12?,13?,14?,16?/m0/s1. The van der Waals surface area contributed by atoms with E-state index >= 15 is 0 Å². The summed E-state index contributed by atoms with van der Waals surface area (Å²) >= 11 is 1.89. The van der Waals surface area contributed by atoms with Gasteiger partial charge in [-0.2, -0.15) is 0 Å². The summed E-state index contributed by atoms with van der Waals surface area (Å²) in [7, 11) is 0. The maximum absolute atomic E-state index is 3.97. The van der Waals surface area contributed by atoms with E-state index in [2.05, 4.69) is 29.8 Å². The Balaban J connectivity index is 1.49. The van der Waals surface area contributed by atoms with E-state index in [-0.39, 0.29) is 0 Å². The highest BCUT2D eigenvalue weighted by Crippen LogP contribution is 2.54. The van der Waals surface area contributed by atoms with Gasteiger partial charge >= 0.3 is 0 Å². The zero-order chi connectivity index (χ0) is 12.1. The lowest BCUT2D eigenvalue weighted by Crippen LogP contribution is -2.54. The molecule has 2 heteroatoms. The van der Waals surface area contributed by atoms with E-state index < -0.39 is 0 Å². The third kappa shape index (κ3) is 1.85. The van der Waals surface area contributed by atoms with Gasteiger partial charge in [0.05, 0.1) is 0 Å². The largest absolute Gasteiger partial charge is 0.306 e. The fourth-order valence-corrected chi connectivity index (χ4v) is 5.85. The summed E-state index contributed by atoms with van der Waals surface area (Å²) < 4.78 is 0. The van der Waals surface area contributed by atoms with Crippen molar-refractivity contribution in [2.24, 2.45) is 23.7 Å². The van der Waals surface area contributed by atoms with Gasteiger partial charge in [0.25, 0.3) is 0 Å². The Morgan fingerprint density at radius 3 is 2.33 bits per heavy atom. The Bertz CT molecular complexity index is 383.